The Morgan fingerprint density at radius 1 is 1.47 bits per heavy atom. The summed E-state index contributed by atoms with van der Waals surface area (Å²) < 4.78 is 25.1. The standard InChI is InChI=1S/C6H6N2O6S/c7-15(12,13)14-6-3-4(8(10)11)1-2-5(6)9/h1-3,9H,(H2,7,12,13). The summed E-state index contributed by atoms with van der Waals surface area (Å²) in [6.07, 6.45) is 0. The highest BCUT2D eigenvalue weighted by Crippen LogP contribution is 2.30. The SMILES string of the molecule is NS(=O)(=O)Oc1cc([N+](=O)[O-])ccc1O. The number of nitro benzene ring substituents is 1. The van der Waals surface area contributed by atoms with Gasteiger partial charge in [0.2, 0.25) is 0 Å². The normalized spacial score (nSPS) is 11.0. The molecule has 0 unspecified atom stereocenters. The zero-order chi connectivity index (χ0) is 11.6. The van der Waals surface area contributed by atoms with Crippen molar-refractivity contribution in [1.29, 1.82) is 0 Å². The van der Waals surface area contributed by atoms with Gasteiger partial charge in [-0.15, -0.1) is 0 Å². The van der Waals surface area contributed by atoms with E-state index in [0.717, 1.165) is 18.2 Å². The molecule has 0 radical (unpaired) electrons. The van der Waals surface area contributed by atoms with Crippen LogP contribution in [0.1, 0.15) is 0 Å². The lowest BCUT2D eigenvalue weighted by Gasteiger charge is -2.03. The minimum Gasteiger partial charge on any atom is -0.504 e. The fraction of sp³-hybridized carbons (Fsp3) is 0. The monoisotopic (exact) mass is 234 g/mol. The molecule has 3 N–H and O–H groups in total. The number of aromatic hydroxyl groups is 1. The molecular weight excluding hydrogens is 228 g/mol. The van der Waals surface area contributed by atoms with Crippen LogP contribution in [0.25, 0.3) is 0 Å². The van der Waals surface area contributed by atoms with E-state index < -0.39 is 32.4 Å². The highest BCUT2D eigenvalue weighted by molar-refractivity contribution is 7.84. The Kier molecular flexibility index (Phi) is 2.77. The maximum Gasteiger partial charge on any atom is 0.380 e. The second kappa shape index (κ2) is 3.71. The molecule has 0 saturated carbocycles. The summed E-state index contributed by atoms with van der Waals surface area (Å²) in [6, 6.07) is 2.67. The van der Waals surface area contributed by atoms with Gasteiger partial charge in [0.1, 0.15) is 0 Å². The molecular formula is C6H6N2O6S. The van der Waals surface area contributed by atoms with Crippen molar-refractivity contribution in [3.63, 3.8) is 0 Å². The van der Waals surface area contributed by atoms with Crippen LogP contribution in [0.4, 0.5) is 5.69 Å². The van der Waals surface area contributed by atoms with E-state index in [-0.39, 0.29) is 0 Å². The van der Waals surface area contributed by atoms with Crippen LogP contribution < -0.4 is 9.32 Å². The minimum atomic E-state index is -4.32. The molecule has 0 aliphatic carbocycles. The third kappa shape index (κ3) is 3.07. The molecule has 1 aromatic carbocycles. The van der Waals surface area contributed by atoms with Gasteiger partial charge in [0.05, 0.1) is 11.0 Å². The molecule has 0 saturated heterocycles. The minimum absolute atomic E-state index is 0.425. The lowest BCUT2D eigenvalue weighted by molar-refractivity contribution is -0.384. The molecule has 15 heavy (non-hydrogen) atoms. The van der Waals surface area contributed by atoms with E-state index in [9.17, 15) is 18.5 Å². The molecule has 0 aliphatic heterocycles. The zero-order valence-electron chi connectivity index (χ0n) is 7.15. The number of phenols is 1. The predicted octanol–water partition coefficient (Wildman–Crippen LogP) is -0.117. The summed E-state index contributed by atoms with van der Waals surface area (Å²) in [4.78, 5) is 9.55. The van der Waals surface area contributed by atoms with Gasteiger partial charge >= 0.3 is 10.3 Å². The first-order valence-electron chi connectivity index (χ1n) is 3.49. The van der Waals surface area contributed by atoms with Gasteiger partial charge in [-0.2, -0.15) is 13.6 Å². The molecule has 9 heteroatoms. The number of nitro groups is 1. The summed E-state index contributed by atoms with van der Waals surface area (Å²) in [6.45, 7) is 0. The van der Waals surface area contributed by atoms with Gasteiger partial charge in [-0.1, -0.05) is 0 Å². The van der Waals surface area contributed by atoms with E-state index in [0.29, 0.717) is 0 Å². The van der Waals surface area contributed by atoms with Crippen LogP contribution in [0.2, 0.25) is 0 Å². The van der Waals surface area contributed by atoms with Gasteiger partial charge in [-0.25, -0.2) is 0 Å². The lowest BCUT2D eigenvalue weighted by Crippen LogP contribution is -2.19. The van der Waals surface area contributed by atoms with E-state index >= 15 is 0 Å². The highest BCUT2D eigenvalue weighted by Gasteiger charge is 2.15. The molecule has 0 spiro atoms. The highest BCUT2D eigenvalue weighted by atomic mass is 32.2. The Balaban J connectivity index is 3.17. The molecule has 82 valence electrons. The second-order valence-electron chi connectivity index (χ2n) is 2.49. The van der Waals surface area contributed by atoms with Crippen molar-refractivity contribution < 1.29 is 22.6 Å². The predicted molar refractivity (Wildman–Crippen MR) is 48.5 cm³/mol. The fourth-order valence-corrected chi connectivity index (χ4v) is 1.19. The van der Waals surface area contributed by atoms with E-state index in [4.69, 9.17) is 5.11 Å². The Bertz CT molecular complexity index is 496. The molecule has 0 fully saturated rings. The van der Waals surface area contributed by atoms with Crippen LogP contribution in [-0.2, 0) is 10.3 Å². The van der Waals surface area contributed by atoms with Gasteiger partial charge < -0.3 is 9.29 Å². The topological polar surface area (TPSA) is 133 Å². The van der Waals surface area contributed by atoms with Crippen LogP contribution in [0.5, 0.6) is 11.5 Å². The van der Waals surface area contributed by atoms with Crippen LogP contribution in [0.15, 0.2) is 18.2 Å². The van der Waals surface area contributed by atoms with Crippen molar-refractivity contribution in [2.24, 2.45) is 5.14 Å². The third-order valence-electron chi connectivity index (χ3n) is 1.36. The fourth-order valence-electron chi connectivity index (χ4n) is 0.808. The maximum absolute atomic E-state index is 10.5. The van der Waals surface area contributed by atoms with E-state index in [1.165, 1.54) is 0 Å². The van der Waals surface area contributed by atoms with Gasteiger partial charge in [0.15, 0.2) is 11.5 Å². The molecule has 1 aromatic rings. The van der Waals surface area contributed by atoms with E-state index in [1.54, 1.807) is 0 Å². The average Bonchev–Trinajstić information content (AvgIpc) is 2.06. The van der Waals surface area contributed by atoms with Crippen molar-refractivity contribution in [2.75, 3.05) is 0 Å². The van der Waals surface area contributed by atoms with Crippen molar-refractivity contribution in [1.82, 2.24) is 0 Å². The first-order valence-corrected chi connectivity index (χ1v) is 4.96. The summed E-state index contributed by atoms with van der Waals surface area (Å²) in [5.41, 5.74) is -0.425. The molecule has 0 aromatic heterocycles. The molecule has 0 aliphatic rings. The van der Waals surface area contributed by atoms with Gasteiger partial charge in [-0.05, 0) is 6.07 Å². The molecule has 1 rings (SSSR count). The van der Waals surface area contributed by atoms with Crippen LogP contribution >= 0.6 is 0 Å². The summed E-state index contributed by atoms with van der Waals surface area (Å²) in [5, 5.41) is 24.0. The van der Waals surface area contributed by atoms with Crippen molar-refractivity contribution in [3.05, 3.63) is 28.3 Å². The average molecular weight is 234 g/mol. The number of hydrogen-bond donors (Lipinski definition) is 2. The Morgan fingerprint density at radius 2 is 2.07 bits per heavy atom. The van der Waals surface area contributed by atoms with Crippen LogP contribution in [-0.4, -0.2) is 18.4 Å². The number of hydrogen-bond acceptors (Lipinski definition) is 6. The molecule has 8 nitrogen and oxygen atoms in total. The third-order valence-corrected chi connectivity index (χ3v) is 1.77. The largest absolute Gasteiger partial charge is 0.504 e. The summed E-state index contributed by atoms with van der Waals surface area (Å²) in [5.74, 6) is -1.15. The first-order chi connectivity index (χ1) is 6.79. The number of rotatable bonds is 3. The smallest absolute Gasteiger partial charge is 0.380 e. The summed E-state index contributed by atoms with van der Waals surface area (Å²) >= 11 is 0. The van der Waals surface area contributed by atoms with Crippen molar-refractivity contribution >= 4 is 16.0 Å². The van der Waals surface area contributed by atoms with Crippen molar-refractivity contribution in [3.8, 4) is 11.5 Å². The lowest BCUT2D eigenvalue weighted by atomic mass is 10.3. The quantitative estimate of drug-likeness (QED) is 0.553. The van der Waals surface area contributed by atoms with E-state index in [1.807, 2.05) is 0 Å². The van der Waals surface area contributed by atoms with Gasteiger partial charge in [-0.3, -0.25) is 10.1 Å². The number of nitrogens with zero attached hydrogens (tertiary/aromatic N) is 1. The number of benzene rings is 1. The molecule has 0 amide bonds. The number of non-ortho nitro benzene ring substituents is 1. The summed E-state index contributed by atoms with van der Waals surface area (Å²) in [7, 11) is -4.32. The Morgan fingerprint density at radius 3 is 2.53 bits per heavy atom. The zero-order valence-corrected chi connectivity index (χ0v) is 7.97. The molecule has 0 atom stereocenters. The maximum atomic E-state index is 10.5. The molecule has 0 heterocycles. The van der Waals surface area contributed by atoms with Crippen LogP contribution in [0, 0.1) is 10.1 Å². The number of nitrogens with two attached hydrogens (primary N) is 1. The Labute approximate surface area is 84.3 Å². The van der Waals surface area contributed by atoms with Crippen molar-refractivity contribution in [2.45, 2.75) is 0 Å². The second-order valence-corrected chi connectivity index (χ2v) is 3.64. The Hall–Kier alpha value is -1.87. The molecule has 0 bridgehead atoms. The number of phenolic OH excluding ortho intramolecular Hbond substituents is 1. The van der Waals surface area contributed by atoms with E-state index in [2.05, 4.69) is 9.32 Å². The van der Waals surface area contributed by atoms with Gasteiger partial charge in [0.25, 0.3) is 5.69 Å². The van der Waals surface area contributed by atoms with Crippen LogP contribution in [0.3, 0.4) is 0 Å². The van der Waals surface area contributed by atoms with Gasteiger partial charge in [0, 0.05) is 6.07 Å². The first kappa shape index (κ1) is 11.2.